The summed E-state index contributed by atoms with van der Waals surface area (Å²) < 4.78 is 25.9. The molecule has 2 aliphatic rings. The molecule has 2 saturated heterocycles. The minimum absolute atomic E-state index is 0.0274. The van der Waals surface area contributed by atoms with Crippen molar-refractivity contribution in [2.75, 3.05) is 0 Å². The molecule has 0 aromatic carbocycles. The van der Waals surface area contributed by atoms with Gasteiger partial charge in [-0.3, -0.25) is 0 Å². The first-order chi connectivity index (χ1) is 11.8. The summed E-state index contributed by atoms with van der Waals surface area (Å²) in [5.74, 6) is 0. The van der Waals surface area contributed by atoms with Crippen LogP contribution in [0.1, 0.15) is 95.9 Å². The van der Waals surface area contributed by atoms with E-state index in [0.29, 0.717) is 0 Å². The summed E-state index contributed by atoms with van der Waals surface area (Å²) in [6, 6.07) is 0. The molecule has 0 aromatic heterocycles. The summed E-state index contributed by atoms with van der Waals surface area (Å²) in [6.07, 6.45) is 3.46. The lowest BCUT2D eigenvalue weighted by Crippen LogP contribution is -2.65. The average Bonchev–Trinajstić information content (AvgIpc) is 2.42. The second-order valence-corrected chi connectivity index (χ2v) is 12.5. The molecule has 0 aliphatic carbocycles. The van der Waals surface area contributed by atoms with Gasteiger partial charge in [0.15, 0.2) is 0 Å². The molecule has 4 nitrogen and oxygen atoms in total. The molecule has 5 heteroatoms. The third-order valence-electron chi connectivity index (χ3n) is 5.58. The van der Waals surface area contributed by atoms with Gasteiger partial charge in [0.1, 0.15) is 23.7 Å². The molecule has 156 valence electrons. The molecule has 0 N–H and O–H groups in total. The lowest BCUT2D eigenvalue weighted by Gasteiger charge is -2.53. The predicted octanol–water partition coefficient (Wildman–Crippen LogP) is 6.28. The van der Waals surface area contributed by atoms with Crippen LogP contribution in [0.3, 0.4) is 0 Å². The first kappa shape index (κ1) is 22.9. The highest BCUT2D eigenvalue weighted by Gasteiger charge is 2.64. The van der Waals surface area contributed by atoms with Gasteiger partial charge in [0.25, 0.3) is 0 Å². The van der Waals surface area contributed by atoms with E-state index in [2.05, 4.69) is 83.1 Å². The second-order valence-electron chi connectivity index (χ2n) is 12.5. The highest BCUT2D eigenvalue weighted by Crippen LogP contribution is 2.51. The van der Waals surface area contributed by atoms with Crippen LogP contribution in [0.15, 0.2) is 0 Å². The average molecular weight is 381 g/mol. The van der Waals surface area contributed by atoms with E-state index in [9.17, 15) is 0 Å². The minimum atomic E-state index is -2.33. The zero-order valence-electron chi connectivity index (χ0n) is 19.8. The molecular formula is C22H42BO4+. The van der Waals surface area contributed by atoms with Gasteiger partial charge >= 0.3 is 6.96 Å². The third kappa shape index (κ3) is 5.38. The van der Waals surface area contributed by atoms with Gasteiger partial charge in [0.2, 0.25) is 12.2 Å². The maximum absolute atomic E-state index is 6.51. The van der Waals surface area contributed by atoms with E-state index < -0.39 is 6.96 Å². The molecule has 1 spiro atoms. The molecule has 2 fully saturated rings. The van der Waals surface area contributed by atoms with E-state index >= 15 is 0 Å². The van der Waals surface area contributed by atoms with Gasteiger partial charge in [-0.1, -0.05) is 41.5 Å². The summed E-state index contributed by atoms with van der Waals surface area (Å²) in [5.41, 5.74) is -0.298. The minimum Gasteiger partial charge on any atom is -0.508 e. The van der Waals surface area contributed by atoms with Crippen LogP contribution < -0.4 is 0 Å². The largest absolute Gasteiger partial charge is 0.611 e. The maximum atomic E-state index is 6.51. The quantitative estimate of drug-likeness (QED) is 0.365. The number of hydrogen-bond acceptors (Lipinski definition) is 4. The van der Waals surface area contributed by atoms with Crippen molar-refractivity contribution in [3.8, 4) is 0 Å². The molecule has 0 aromatic rings. The highest BCUT2D eigenvalue weighted by molar-refractivity contribution is 6.54. The van der Waals surface area contributed by atoms with Crippen molar-refractivity contribution < 1.29 is 18.6 Å². The Kier molecular flexibility index (Phi) is 5.83. The van der Waals surface area contributed by atoms with Crippen molar-refractivity contribution in [3.63, 3.8) is 0 Å². The lowest BCUT2D eigenvalue weighted by molar-refractivity contribution is -0.174. The molecule has 0 saturated carbocycles. The fourth-order valence-corrected chi connectivity index (χ4v) is 3.43. The molecule has 27 heavy (non-hydrogen) atoms. The molecule has 0 amide bonds. The molecule has 2 heterocycles. The van der Waals surface area contributed by atoms with Crippen LogP contribution in [0.25, 0.3) is 0 Å². The lowest BCUT2D eigenvalue weighted by atomic mass is 9.73. The Hall–Kier alpha value is -0.355. The van der Waals surface area contributed by atoms with Gasteiger partial charge in [0, 0.05) is 0 Å². The van der Waals surface area contributed by atoms with Gasteiger partial charge in [-0.05, 0) is 52.4 Å². The van der Waals surface area contributed by atoms with Crippen molar-refractivity contribution >= 4 is 6.96 Å². The molecule has 2 aliphatic heterocycles. The number of hydrogen-bond donors (Lipinski definition) is 0. The van der Waals surface area contributed by atoms with E-state index in [1.807, 2.05) is 0 Å². The maximum Gasteiger partial charge on any atom is 0.611 e. The Morgan fingerprint density at radius 3 is 1.11 bits per heavy atom. The van der Waals surface area contributed by atoms with Crippen LogP contribution in [-0.2, 0) is 18.6 Å². The topological polar surface area (TPSA) is 36.9 Å². The van der Waals surface area contributed by atoms with Crippen LogP contribution >= 0.6 is 0 Å². The number of rotatable bonds is 0. The monoisotopic (exact) mass is 381 g/mol. The van der Waals surface area contributed by atoms with Crippen molar-refractivity contribution in [3.05, 3.63) is 12.2 Å². The third-order valence-corrected chi connectivity index (χ3v) is 5.58. The Labute approximate surface area is 168 Å². The molecule has 0 bridgehead atoms. The van der Waals surface area contributed by atoms with E-state index in [0.717, 1.165) is 25.0 Å². The van der Waals surface area contributed by atoms with Crippen LogP contribution in [0.2, 0.25) is 0 Å². The zero-order valence-corrected chi connectivity index (χ0v) is 19.8. The van der Waals surface area contributed by atoms with E-state index in [4.69, 9.17) is 18.6 Å². The van der Waals surface area contributed by atoms with Crippen molar-refractivity contribution in [1.82, 2.24) is 0 Å². The van der Waals surface area contributed by atoms with Gasteiger partial charge in [-0.15, -0.1) is 0 Å². The van der Waals surface area contributed by atoms with Crippen LogP contribution in [0.5, 0.6) is 0 Å². The molecule has 2 unspecified atom stereocenters. The van der Waals surface area contributed by atoms with E-state index in [1.165, 1.54) is 0 Å². The predicted molar refractivity (Wildman–Crippen MR) is 111 cm³/mol. The standard InChI is InChI=1S/C22H42BO4/c1-19(2,3)15-13-16(20(4,5)6)25-23(24-15)26-17(21(7,8)9)14-18(27-23)22(10,11)12/h15,17H,13-14H2,1-12H3/q+1. The molecule has 2 atom stereocenters. The Bertz CT molecular complexity index is 423. The van der Waals surface area contributed by atoms with Gasteiger partial charge < -0.3 is 18.6 Å². The first-order valence-corrected chi connectivity index (χ1v) is 10.4. The molecule has 0 radical (unpaired) electrons. The van der Waals surface area contributed by atoms with E-state index in [-0.39, 0.29) is 33.9 Å². The van der Waals surface area contributed by atoms with Gasteiger partial charge in [-0.2, -0.15) is 0 Å². The normalized spacial score (nSPS) is 31.6. The van der Waals surface area contributed by atoms with Gasteiger partial charge in [0.05, 0.1) is 12.2 Å². The fraction of sp³-hybridized carbons (Fsp3) is 0.909. The van der Waals surface area contributed by atoms with Gasteiger partial charge in [-0.25, -0.2) is 0 Å². The van der Waals surface area contributed by atoms with Crippen LogP contribution in [0.4, 0.5) is 0 Å². The summed E-state index contributed by atoms with van der Waals surface area (Å²) in [7, 11) is 0. The Morgan fingerprint density at radius 2 is 0.889 bits per heavy atom. The summed E-state index contributed by atoms with van der Waals surface area (Å²) >= 11 is 0. The van der Waals surface area contributed by atoms with Crippen LogP contribution in [-0.4, -0.2) is 19.2 Å². The van der Waals surface area contributed by atoms with E-state index in [1.54, 1.807) is 0 Å². The fourth-order valence-electron chi connectivity index (χ4n) is 3.43. The van der Waals surface area contributed by atoms with Crippen molar-refractivity contribution in [2.24, 2.45) is 21.7 Å². The highest BCUT2D eigenvalue weighted by atomic mass is 16.9. The van der Waals surface area contributed by atoms with Crippen LogP contribution in [0, 0.1) is 33.9 Å². The first-order valence-electron chi connectivity index (χ1n) is 10.4. The zero-order chi connectivity index (χ0) is 21.1. The summed E-state index contributed by atoms with van der Waals surface area (Å²) in [4.78, 5) is 0. The smallest absolute Gasteiger partial charge is 0.508 e. The SMILES string of the molecule is CC(C)(C)[C+]1CC(C(C)(C)C)O[B-]2(O1)O[C+](C(C)(C)C)CC(C(C)(C)C)O2. The Morgan fingerprint density at radius 1 is 0.593 bits per heavy atom. The summed E-state index contributed by atoms with van der Waals surface area (Å²) in [6.45, 7) is 23.9. The van der Waals surface area contributed by atoms with Crippen molar-refractivity contribution in [1.29, 1.82) is 0 Å². The second kappa shape index (κ2) is 6.86. The van der Waals surface area contributed by atoms with Crippen molar-refractivity contribution in [2.45, 2.75) is 108 Å². The Balaban J connectivity index is 2.45. The summed E-state index contributed by atoms with van der Waals surface area (Å²) in [5, 5.41) is 0. The molecule has 2 rings (SSSR count). The molecular weight excluding hydrogens is 339 g/mol.